The predicted molar refractivity (Wildman–Crippen MR) is 137 cm³/mol. The Labute approximate surface area is 215 Å². The van der Waals surface area contributed by atoms with Crippen molar-refractivity contribution in [2.24, 2.45) is 10.9 Å². The molecule has 1 saturated heterocycles. The van der Waals surface area contributed by atoms with Crippen LogP contribution < -0.4 is 10.2 Å². The molecule has 2 heterocycles. The van der Waals surface area contributed by atoms with Gasteiger partial charge in [-0.1, -0.05) is 49.2 Å². The molecule has 37 heavy (non-hydrogen) atoms. The number of amidine groups is 1. The summed E-state index contributed by atoms with van der Waals surface area (Å²) in [5.41, 5.74) is 0.230. The maximum atomic E-state index is 15.0. The summed E-state index contributed by atoms with van der Waals surface area (Å²) < 4.78 is 29.4. The van der Waals surface area contributed by atoms with Crippen molar-refractivity contribution in [3.8, 4) is 0 Å². The van der Waals surface area contributed by atoms with Gasteiger partial charge in [0.25, 0.3) is 0 Å². The highest BCUT2D eigenvalue weighted by Gasteiger charge is 2.60. The third-order valence-corrected chi connectivity index (χ3v) is 8.24. The lowest BCUT2D eigenvalue weighted by Crippen LogP contribution is -2.70. The van der Waals surface area contributed by atoms with Crippen molar-refractivity contribution in [1.82, 2.24) is 10.2 Å². The molecule has 1 saturated carbocycles. The highest BCUT2D eigenvalue weighted by molar-refractivity contribution is 6.16. The fraction of sp³-hybridized carbons (Fsp3) is 0.464. The van der Waals surface area contributed by atoms with Crippen LogP contribution in [0.15, 0.2) is 59.6 Å². The van der Waals surface area contributed by atoms with Crippen molar-refractivity contribution < 1.29 is 23.5 Å². The van der Waals surface area contributed by atoms with Crippen LogP contribution in [0.4, 0.5) is 24.1 Å². The quantitative estimate of drug-likeness (QED) is 0.577. The van der Waals surface area contributed by atoms with Gasteiger partial charge in [0.1, 0.15) is 23.4 Å². The molecule has 3 aliphatic rings. The van der Waals surface area contributed by atoms with E-state index in [0.717, 1.165) is 18.4 Å². The van der Waals surface area contributed by atoms with Crippen molar-refractivity contribution in [1.29, 1.82) is 0 Å². The number of benzene rings is 2. The minimum atomic E-state index is -1.09. The summed E-state index contributed by atoms with van der Waals surface area (Å²) in [4.78, 5) is 33.1. The molecule has 9 heteroatoms. The predicted octanol–water partition coefficient (Wildman–Crippen LogP) is 5.40. The van der Waals surface area contributed by atoms with Crippen LogP contribution in [0, 0.1) is 11.7 Å². The summed E-state index contributed by atoms with van der Waals surface area (Å²) in [6, 6.07) is 13.9. The maximum Gasteiger partial charge on any atom is 0.407 e. The Kier molecular flexibility index (Phi) is 6.88. The lowest BCUT2D eigenvalue weighted by molar-refractivity contribution is 0.0620. The minimum absolute atomic E-state index is 0.158. The molecule has 0 bridgehead atoms. The second-order valence-electron chi connectivity index (χ2n) is 10.3. The van der Waals surface area contributed by atoms with Gasteiger partial charge in [0.15, 0.2) is 0 Å². The highest BCUT2D eigenvalue weighted by atomic mass is 19.1. The van der Waals surface area contributed by atoms with Gasteiger partial charge in [-0.25, -0.2) is 18.4 Å². The largest absolute Gasteiger partial charge is 0.465 e. The molecule has 2 aromatic carbocycles. The second-order valence-corrected chi connectivity index (χ2v) is 10.3. The Morgan fingerprint density at radius 1 is 1.16 bits per heavy atom. The summed E-state index contributed by atoms with van der Waals surface area (Å²) in [5.74, 6) is -0.565. The van der Waals surface area contributed by atoms with E-state index < -0.39 is 47.7 Å². The number of rotatable bonds is 4. The number of nitrogens with one attached hydrogen (secondary N) is 1. The molecule has 3 amide bonds. The lowest BCUT2D eigenvalue weighted by atomic mass is 9.69. The first-order chi connectivity index (χ1) is 17.8. The topological polar surface area (TPSA) is 85.2 Å². The number of amides is 3. The second kappa shape index (κ2) is 10.1. The van der Waals surface area contributed by atoms with Gasteiger partial charge in [-0.2, -0.15) is 4.99 Å². The van der Waals surface area contributed by atoms with E-state index in [1.54, 1.807) is 6.07 Å². The van der Waals surface area contributed by atoms with Crippen LogP contribution in [0.25, 0.3) is 0 Å². The number of hydrogen-bond donors (Lipinski definition) is 2. The highest BCUT2D eigenvalue weighted by Crippen LogP contribution is 2.46. The molecular formula is C28H32F2N4O3. The normalized spacial score (nSPS) is 29.9. The Bertz CT molecular complexity index is 1190. The number of nitrogens with zero attached hydrogens (tertiary/aromatic N) is 3. The monoisotopic (exact) mass is 510 g/mol. The molecule has 0 radical (unpaired) electrons. The number of urea groups is 1. The molecule has 5 rings (SSSR count). The minimum Gasteiger partial charge on any atom is -0.465 e. The third-order valence-electron chi connectivity index (χ3n) is 8.24. The molecule has 1 spiro atoms. The zero-order valence-electron chi connectivity index (χ0n) is 20.8. The van der Waals surface area contributed by atoms with Crippen LogP contribution >= 0.6 is 0 Å². The average Bonchev–Trinajstić information content (AvgIpc) is 3.14. The van der Waals surface area contributed by atoms with Crippen molar-refractivity contribution in [3.05, 3.63) is 66.0 Å². The Morgan fingerprint density at radius 3 is 2.62 bits per heavy atom. The molecule has 5 atom stereocenters. The average molecular weight is 511 g/mol. The van der Waals surface area contributed by atoms with Gasteiger partial charge in [-0.15, -0.1) is 0 Å². The van der Waals surface area contributed by atoms with Crippen LogP contribution in [0.1, 0.15) is 44.6 Å². The van der Waals surface area contributed by atoms with E-state index in [2.05, 4.69) is 10.3 Å². The van der Waals surface area contributed by atoms with E-state index in [-0.39, 0.29) is 13.0 Å². The number of piperidine rings is 1. The van der Waals surface area contributed by atoms with Gasteiger partial charge < -0.3 is 15.3 Å². The SMILES string of the molecule is C[C@H]1C(Cc2ccccc2)C2(CCN1C(=O)O)C(N[C@@H]1CCCC[C@H]1F)=NC(=O)N2c1cccc(F)c1. The Hall–Kier alpha value is -3.49. The number of aliphatic imine (C=N–C) groups is 1. The number of halogens is 2. The first kappa shape index (κ1) is 25.2. The maximum absolute atomic E-state index is 15.0. The first-order valence-electron chi connectivity index (χ1n) is 12.9. The van der Waals surface area contributed by atoms with Crippen molar-refractivity contribution >= 4 is 23.6 Å². The van der Waals surface area contributed by atoms with Gasteiger partial charge in [0.2, 0.25) is 0 Å². The van der Waals surface area contributed by atoms with Gasteiger partial charge in [-0.05, 0) is 56.4 Å². The molecule has 196 valence electrons. The van der Waals surface area contributed by atoms with E-state index in [1.165, 1.54) is 28.0 Å². The summed E-state index contributed by atoms with van der Waals surface area (Å²) >= 11 is 0. The van der Waals surface area contributed by atoms with Gasteiger partial charge in [0.05, 0.1) is 6.04 Å². The van der Waals surface area contributed by atoms with Gasteiger partial charge in [0, 0.05) is 24.2 Å². The number of carbonyl (C=O) groups excluding carboxylic acids is 1. The fourth-order valence-corrected chi connectivity index (χ4v) is 6.40. The van der Waals surface area contributed by atoms with Gasteiger partial charge >= 0.3 is 12.1 Å². The van der Waals surface area contributed by atoms with Crippen LogP contribution in [0.2, 0.25) is 0 Å². The number of hydrogen-bond acceptors (Lipinski definition) is 3. The first-order valence-corrected chi connectivity index (χ1v) is 12.9. The molecule has 2 aromatic rings. The van der Waals surface area contributed by atoms with Crippen LogP contribution in [0.3, 0.4) is 0 Å². The van der Waals surface area contributed by atoms with Crippen LogP contribution in [0.5, 0.6) is 0 Å². The van der Waals surface area contributed by atoms with E-state index in [9.17, 15) is 23.5 Å². The molecule has 2 aliphatic heterocycles. The van der Waals surface area contributed by atoms with E-state index in [0.29, 0.717) is 30.8 Å². The van der Waals surface area contributed by atoms with Crippen molar-refractivity contribution in [2.75, 3.05) is 11.4 Å². The molecule has 0 aromatic heterocycles. The molecule has 1 aliphatic carbocycles. The van der Waals surface area contributed by atoms with E-state index in [1.807, 2.05) is 37.3 Å². The standard InChI is InChI=1S/C28H32F2N4O3/c1-18-22(16-19-8-3-2-4-9-19)28(14-15-33(18)27(36)37)25(31-24-13-6-5-12-23(24)30)32-26(35)34(28)21-11-7-10-20(29)17-21/h2-4,7-11,17-18,22-24H,5-6,12-16H2,1H3,(H,36,37)(H,31,32,35)/t18-,22?,23+,24+,28?/m0/s1. The zero-order valence-corrected chi connectivity index (χ0v) is 20.8. The number of carbonyl (C=O) groups is 2. The van der Waals surface area contributed by atoms with Gasteiger partial charge in [-0.3, -0.25) is 4.90 Å². The lowest BCUT2D eigenvalue weighted by Gasteiger charge is -2.53. The van der Waals surface area contributed by atoms with Crippen molar-refractivity contribution in [3.63, 3.8) is 0 Å². The molecule has 7 nitrogen and oxygen atoms in total. The van der Waals surface area contributed by atoms with E-state index >= 15 is 0 Å². The summed E-state index contributed by atoms with van der Waals surface area (Å²) in [7, 11) is 0. The number of carboxylic acid groups (broad SMARTS) is 1. The van der Waals surface area contributed by atoms with Crippen LogP contribution in [-0.4, -0.2) is 58.3 Å². The number of anilines is 1. The number of alkyl halides is 1. The Morgan fingerprint density at radius 2 is 1.92 bits per heavy atom. The smallest absolute Gasteiger partial charge is 0.407 e. The molecule has 2 fully saturated rings. The molecule has 2 N–H and O–H groups in total. The van der Waals surface area contributed by atoms with Crippen molar-refractivity contribution in [2.45, 2.75) is 69.2 Å². The molecular weight excluding hydrogens is 478 g/mol. The number of likely N-dealkylation sites (tertiary alicyclic amines) is 1. The summed E-state index contributed by atoms with van der Waals surface area (Å²) in [6.07, 6.45) is 1.33. The molecule has 2 unspecified atom stereocenters. The fourth-order valence-electron chi connectivity index (χ4n) is 6.40. The summed E-state index contributed by atoms with van der Waals surface area (Å²) in [6.45, 7) is 2.00. The van der Waals surface area contributed by atoms with E-state index in [4.69, 9.17) is 0 Å². The third kappa shape index (κ3) is 4.55. The Balaban J connectivity index is 1.64. The summed E-state index contributed by atoms with van der Waals surface area (Å²) in [5, 5.41) is 13.3. The zero-order chi connectivity index (χ0) is 26.2. The van der Waals surface area contributed by atoms with Crippen LogP contribution in [-0.2, 0) is 6.42 Å².